The lowest BCUT2D eigenvalue weighted by Gasteiger charge is -2.12. The fourth-order valence-corrected chi connectivity index (χ4v) is 3.27. The quantitative estimate of drug-likeness (QED) is 0.737. The summed E-state index contributed by atoms with van der Waals surface area (Å²) in [5.74, 6) is 0.799. The number of rotatable bonds is 5. The number of nitrogens with one attached hydrogen (secondary N) is 1. The first-order chi connectivity index (χ1) is 12.6. The van der Waals surface area contributed by atoms with Gasteiger partial charge in [-0.2, -0.15) is 0 Å². The van der Waals surface area contributed by atoms with Crippen molar-refractivity contribution >= 4 is 28.6 Å². The minimum atomic E-state index is -0.386. The van der Waals surface area contributed by atoms with Crippen LogP contribution in [0.15, 0.2) is 18.2 Å². The Morgan fingerprint density at radius 3 is 3.04 bits per heavy atom. The maximum atomic E-state index is 14.1. The fourth-order valence-electron chi connectivity index (χ4n) is 3.04. The summed E-state index contributed by atoms with van der Waals surface area (Å²) in [6, 6.07) is 4.59. The van der Waals surface area contributed by atoms with Gasteiger partial charge in [-0.3, -0.25) is 0 Å². The van der Waals surface area contributed by atoms with Crippen molar-refractivity contribution in [1.29, 1.82) is 0 Å². The number of hydrogen-bond donors (Lipinski definition) is 1. The molecule has 0 saturated carbocycles. The SMILES string of the molecule is Cc1nc(NC[C@@H]2CCCO2)c2nnn(Cc3c(F)cccc3Cl)c2n1. The number of halogens is 2. The first-order valence-electron chi connectivity index (χ1n) is 8.48. The molecule has 1 aromatic carbocycles. The maximum absolute atomic E-state index is 14.1. The van der Waals surface area contributed by atoms with Gasteiger partial charge in [-0.05, 0) is 31.9 Å². The largest absolute Gasteiger partial charge is 0.376 e. The lowest BCUT2D eigenvalue weighted by atomic mass is 10.2. The van der Waals surface area contributed by atoms with Crippen LogP contribution in [0.5, 0.6) is 0 Å². The van der Waals surface area contributed by atoms with E-state index in [1.165, 1.54) is 10.7 Å². The molecule has 0 amide bonds. The van der Waals surface area contributed by atoms with Crippen LogP contribution >= 0.6 is 11.6 Å². The van der Waals surface area contributed by atoms with Crippen LogP contribution in [-0.2, 0) is 11.3 Å². The average Bonchev–Trinajstić information content (AvgIpc) is 3.26. The molecule has 9 heteroatoms. The van der Waals surface area contributed by atoms with Gasteiger partial charge in [0.2, 0.25) is 0 Å². The molecule has 1 saturated heterocycles. The van der Waals surface area contributed by atoms with Crippen molar-refractivity contribution in [1.82, 2.24) is 25.0 Å². The van der Waals surface area contributed by atoms with Crippen LogP contribution in [-0.4, -0.2) is 44.2 Å². The van der Waals surface area contributed by atoms with Crippen LogP contribution in [0.3, 0.4) is 0 Å². The summed E-state index contributed by atoms with van der Waals surface area (Å²) >= 11 is 6.12. The second kappa shape index (κ2) is 7.13. The second-order valence-electron chi connectivity index (χ2n) is 6.25. The van der Waals surface area contributed by atoms with Gasteiger partial charge in [0.25, 0.3) is 0 Å². The molecule has 0 spiro atoms. The summed E-state index contributed by atoms with van der Waals surface area (Å²) in [5, 5.41) is 11.9. The highest BCUT2D eigenvalue weighted by atomic mass is 35.5. The Labute approximate surface area is 154 Å². The minimum Gasteiger partial charge on any atom is -0.376 e. The van der Waals surface area contributed by atoms with Crippen LogP contribution in [0, 0.1) is 12.7 Å². The molecule has 4 rings (SSSR count). The van der Waals surface area contributed by atoms with Crippen LogP contribution in [0.1, 0.15) is 24.2 Å². The molecule has 2 aromatic heterocycles. The van der Waals surface area contributed by atoms with Gasteiger partial charge in [-0.15, -0.1) is 5.10 Å². The summed E-state index contributed by atoms with van der Waals surface area (Å²) in [6.07, 6.45) is 2.27. The average molecular weight is 377 g/mol. The van der Waals surface area contributed by atoms with E-state index in [2.05, 4.69) is 25.6 Å². The molecule has 3 heterocycles. The molecule has 1 aliphatic heterocycles. The van der Waals surface area contributed by atoms with Gasteiger partial charge in [0, 0.05) is 23.7 Å². The molecule has 0 bridgehead atoms. The minimum absolute atomic E-state index is 0.142. The molecular formula is C17H18ClFN6O. The normalized spacial score (nSPS) is 17.1. The first-order valence-corrected chi connectivity index (χ1v) is 8.86. The van der Waals surface area contributed by atoms with E-state index in [0.717, 1.165) is 19.4 Å². The van der Waals surface area contributed by atoms with E-state index in [0.29, 0.717) is 39.9 Å². The summed E-state index contributed by atoms with van der Waals surface area (Å²) in [4.78, 5) is 8.85. The molecular weight excluding hydrogens is 359 g/mol. The predicted molar refractivity (Wildman–Crippen MR) is 95.8 cm³/mol. The van der Waals surface area contributed by atoms with E-state index in [-0.39, 0.29) is 18.5 Å². The molecule has 0 unspecified atom stereocenters. The van der Waals surface area contributed by atoms with Crippen molar-refractivity contribution in [3.63, 3.8) is 0 Å². The zero-order valence-electron chi connectivity index (χ0n) is 14.2. The number of benzene rings is 1. The van der Waals surface area contributed by atoms with E-state index in [4.69, 9.17) is 16.3 Å². The molecule has 1 aliphatic rings. The summed E-state index contributed by atoms with van der Waals surface area (Å²) in [7, 11) is 0. The molecule has 26 heavy (non-hydrogen) atoms. The smallest absolute Gasteiger partial charge is 0.184 e. The molecule has 0 aliphatic carbocycles. The monoisotopic (exact) mass is 376 g/mol. The van der Waals surface area contributed by atoms with Crippen molar-refractivity contribution in [2.45, 2.75) is 32.4 Å². The van der Waals surface area contributed by atoms with Crippen LogP contribution in [0.4, 0.5) is 10.2 Å². The Bertz CT molecular complexity index is 920. The highest BCUT2D eigenvalue weighted by Crippen LogP contribution is 2.23. The van der Waals surface area contributed by atoms with Gasteiger partial charge in [-0.25, -0.2) is 19.0 Å². The van der Waals surface area contributed by atoms with Crippen LogP contribution in [0.25, 0.3) is 11.2 Å². The Morgan fingerprint density at radius 2 is 2.27 bits per heavy atom. The first kappa shape index (κ1) is 17.1. The van der Waals surface area contributed by atoms with Crippen molar-refractivity contribution in [2.24, 2.45) is 0 Å². The molecule has 1 atom stereocenters. The molecule has 1 N–H and O–H groups in total. The topological polar surface area (TPSA) is 77.8 Å². The van der Waals surface area contributed by atoms with E-state index < -0.39 is 0 Å². The summed E-state index contributed by atoms with van der Waals surface area (Å²) in [6.45, 7) is 3.38. The van der Waals surface area contributed by atoms with Crippen molar-refractivity contribution in [2.75, 3.05) is 18.5 Å². The maximum Gasteiger partial charge on any atom is 0.184 e. The Morgan fingerprint density at radius 1 is 1.38 bits per heavy atom. The zero-order valence-corrected chi connectivity index (χ0v) is 15.0. The molecule has 7 nitrogen and oxygen atoms in total. The number of hydrogen-bond acceptors (Lipinski definition) is 6. The van der Waals surface area contributed by atoms with Crippen molar-refractivity contribution in [3.05, 3.63) is 40.4 Å². The highest BCUT2D eigenvalue weighted by molar-refractivity contribution is 6.31. The summed E-state index contributed by atoms with van der Waals surface area (Å²) in [5.41, 5.74) is 1.43. The van der Waals surface area contributed by atoms with Gasteiger partial charge >= 0.3 is 0 Å². The van der Waals surface area contributed by atoms with Crippen LogP contribution < -0.4 is 5.32 Å². The Kier molecular flexibility index (Phi) is 4.69. The van der Waals surface area contributed by atoms with Gasteiger partial charge in [0.05, 0.1) is 12.6 Å². The number of anilines is 1. The van der Waals surface area contributed by atoms with Gasteiger partial charge in [0.1, 0.15) is 11.6 Å². The molecule has 3 aromatic rings. The highest BCUT2D eigenvalue weighted by Gasteiger charge is 2.19. The van der Waals surface area contributed by atoms with Crippen molar-refractivity contribution < 1.29 is 9.13 Å². The second-order valence-corrected chi connectivity index (χ2v) is 6.66. The third kappa shape index (κ3) is 3.34. The lowest BCUT2D eigenvalue weighted by Crippen LogP contribution is -2.19. The third-order valence-electron chi connectivity index (χ3n) is 4.37. The van der Waals surface area contributed by atoms with E-state index in [1.807, 2.05) is 0 Å². The van der Waals surface area contributed by atoms with Crippen LogP contribution in [0.2, 0.25) is 5.02 Å². The Balaban J connectivity index is 1.65. The fraction of sp³-hybridized carbons (Fsp3) is 0.412. The number of aryl methyl sites for hydroxylation is 1. The summed E-state index contributed by atoms with van der Waals surface area (Å²) < 4.78 is 21.2. The lowest BCUT2D eigenvalue weighted by molar-refractivity contribution is 0.120. The standard InChI is InChI=1S/C17H18ClFN6O/c1-10-21-16(20-8-11-4-3-7-26-11)15-17(22-10)25(24-23-15)9-12-13(18)5-2-6-14(12)19/h2,5-6,11H,3-4,7-9H2,1H3,(H,20,21,22)/t11-/m0/s1. The number of ether oxygens (including phenoxy) is 1. The van der Waals surface area contributed by atoms with E-state index in [9.17, 15) is 4.39 Å². The number of aromatic nitrogens is 5. The third-order valence-corrected chi connectivity index (χ3v) is 4.72. The molecule has 0 radical (unpaired) electrons. The molecule has 1 fully saturated rings. The predicted octanol–water partition coefficient (Wildman–Crippen LogP) is 2.96. The van der Waals surface area contributed by atoms with Gasteiger partial charge in [0.15, 0.2) is 17.0 Å². The van der Waals surface area contributed by atoms with Gasteiger partial charge in [-0.1, -0.05) is 22.9 Å². The number of nitrogens with zero attached hydrogens (tertiary/aromatic N) is 5. The Hall–Kier alpha value is -2.32. The van der Waals surface area contributed by atoms with Crippen molar-refractivity contribution in [3.8, 4) is 0 Å². The van der Waals surface area contributed by atoms with E-state index >= 15 is 0 Å². The zero-order chi connectivity index (χ0) is 18.1. The molecule has 136 valence electrons. The van der Waals surface area contributed by atoms with E-state index in [1.54, 1.807) is 19.1 Å². The number of fused-ring (bicyclic) bond motifs is 1. The van der Waals surface area contributed by atoms with Gasteiger partial charge < -0.3 is 10.1 Å².